The zero-order valence-corrected chi connectivity index (χ0v) is 18.4. The molecule has 4 rings (SSSR count). The van der Waals surface area contributed by atoms with Crippen molar-refractivity contribution in [3.63, 3.8) is 0 Å². The number of anilines is 1. The first-order valence-corrected chi connectivity index (χ1v) is 10.2. The zero-order valence-electron chi connectivity index (χ0n) is 18.4. The van der Waals surface area contributed by atoms with Gasteiger partial charge in [0.25, 0.3) is 0 Å². The highest BCUT2D eigenvalue weighted by molar-refractivity contribution is 5.96. The topological polar surface area (TPSA) is 88.9 Å². The predicted octanol–water partition coefficient (Wildman–Crippen LogP) is 3.34. The van der Waals surface area contributed by atoms with Crippen molar-refractivity contribution >= 4 is 23.5 Å². The number of ketones is 1. The van der Waals surface area contributed by atoms with E-state index in [1.807, 2.05) is 23.1 Å². The average molecular weight is 432 g/mol. The van der Waals surface area contributed by atoms with E-state index in [1.165, 1.54) is 14.0 Å². The van der Waals surface area contributed by atoms with Crippen molar-refractivity contribution < 1.29 is 23.8 Å². The summed E-state index contributed by atoms with van der Waals surface area (Å²) in [6.45, 7) is 1.49. The third kappa shape index (κ3) is 2.94. The molecule has 32 heavy (non-hydrogen) atoms. The Morgan fingerprint density at radius 1 is 1.03 bits per heavy atom. The minimum atomic E-state index is -1.62. The molecule has 0 spiro atoms. The Morgan fingerprint density at radius 2 is 1.69 bits per heavy atom. The van der Waals surface area contributed by atoms with E-state index in [1.54, 1.807) is 50.6 Å². The summed E-state index contributed by atoms with van der Waals surface area (Å²) in [6.07, 6.45) is 3.67. The Kier molecular flexibility index (Phi) is 5.39. The maximum absolute atomic E-state index is 13.2. The van der Waals surface area contributed by atoms with Crippen molar-refractivity contribution in [1.82, 2.24) is 0 Å². The average Bonchev–Trinajstić information content (AvgIpc) is 3.15. The summed E-state index contributed by atoms with van der Waals surface area (Å²) in [4.78, 5) is 28.2. The molecule has 4 atom stereocenters. The molecule has 0 N–H and O–H groups in total. The van der Waals surface area contributed by atoms with Crippen molar-refractivity contribution in [3.8, 4) is 17.6 Å². The highest BCUT2D eigenvalue weighted by Crippen LogP contribution is 2.56. The lowest BCUT2D eigenvalue weighted by molar-refractivity contribution is -0.150. The zero-order chi connectivity index (χ0) is 23.0. The number of rotatable bonds is 5. The van der Waals surface area contributed by atoms with E-state index < -0.39 is 29.4 Å². The van der Waals surface area contributed by atoms with Crippen LogP contribution >= 0.6 is 0 Å². The van der Waals surface area contributed by atoms with Crippen LogP contribution in [0.15, 0.2) is 48.5 Å². The van der Waals surface area contributed by atoms with Gasteiger partial charge in [-0.05, 0) is 42.8 Å². The summed E-state index contributed by atoms with van der Waals surface area (Å²) in [5.41, 5.74) is 0.682. The molecule has 0 radical (unpaired) electrons. The molecule has 2 aromatic rings. The maximum atomic E-state index is 13.2. The monoisotopic (exact) mass is 432 g/mol. The molecule has 0 aliphatic carbocycles. The van der Waals surface area contributed by atoms with Gasteiger partial charge in [-0.1, -0.05) is 24.3 Å². The summed E-state index contributed by atoms with van der Waals surface area (Å²) in [5, 5.41) is 10.5. The van der Waals surface area contributed by atoms with Crippen LogP contribution in [0.2, 0.25) is 0 Å². The molecule has 1 unspecified atom stereocenters. The van der Waals surface area contributed by atoms with Crippen molar-refractivity contribution in [3.05, 3.63) is 59.7 Å². The Bertz CT molecular complexity index is 1130. The van der Waals surface area contributed by atoms with Gasteiger partial charge in [0.1, 0.15) is 11.5 Å². The second kappa shape index (κ2) is 8.04. The fourth-order valence-electron chi connectivity index (χ4n) is 5.04. The van der Waals surface area contributed by atoms with Gasteiger partial charge in [-0.2, -0.15) is 5.26 Å². The lowest BCUT2D eigenvalue weighted by Crippen LogP contribution is -2.46. The Labute approximate surface area is 186 Å². The fraction of sp³-hybridized carbons (Fsp3) is 0.320. The van der Waals surface area contributed by atoms with Crippen LogP contribution in [0.5, 0.6) is 11.5 Å². The standard InChI is InChI=1S/C25H24N2O5/c1-15(28)23-22(16-5-8-18(30-2)9-6-16)25(14-26,24(29)32-4)21-12-7-17-13-19(31-3)10-11-20(17)27(21)23/h5-13,21-23H,1-4H3/t21?,22-,23-,25-/m1/s1. The first-order valence-electron chi connectivity index (χ1n) is 10.2. The molecule has 2 aliphatic heterocycles. The summed E-state index contributed by atoms with van der Waals surface area (Å²) in [7, 11) is 4.42. The van der Waals surface area contributed by atoms with E-state index in [-0.39, 0.29) is 5.78 Å². The molecular weight excluding hydrogens is 408 g/mol. The van der Waals surface area contributed by atoms with Crippen molar-refractivity contribution in [1.29, 1.82) is 5.26 Å². The second-order valence-electron chi connectivity index (χ2n) is 7.91. The van der Waals surface area contributed by atoms with Gasteiger partial charge in [0.15, 0.2) is 11.2 Å². The van der Waals surface area contributed by atoms with Crippen LogP contribution in [0.4, 0.5) is 5.69 Å². The number of carbonyl (C=O) groups is 2. The molecule has 0 aromatic heterocycles. The van der Waals surface area contributed by atoms with Crippen LogP contribution in [0, 0.1) is 16.7 Å². The molecule has 2 aliphatic rings. The predicted molar refractivity (Wildman–Crippen MR) is 119 cm³/mol. The number of hydrogen-bond donors (Lipinski definition) is 0. The Balaban J connectivity index is 1.98. The maximum Gasteiger partial charge on any atom is 0.329 e. The first-order chi connectivity index (χ1) is 15.4. The molecule has 1 saturated heterocycles. The van der Waals surface area contributed by atoms with Gasteiger partial charge in [-0.3, -0.25) is 9.59 Å². The smallest absolute Gasteiger partial charge is 0.329 e. The first kappa shape index (κ1) is 21.4. The number of esters is 1. The number of nitriles is 1. The number of ether oxygens (including phenoxy) is 3. The fourth-order valence-corrected chi connectivity index (χ4v) is 5.04. The third-order valence-electron chi connectivity index (χ3n) is 6.44. The normalized spacial score (nSPS) is 25.3. The summed E-state index contributed by atoms with van der Waals surface area (Å²) < 4.78 is 15.7. The number of carbonyl (C=O) groups excluding carboxylic acids is 2. The molecule has 0 saturated carbocycles. The molecular formula is C25H24N2O5. The Morgan fingerprint density at radius 3 is 2.25 bits per heavy atom. The second-order valence-corrected chi connectivity index (χ2v) is 7.91. The lowest BCUT2D eigenvalue weighted by Gasteiger charge is -2.36. The number of methoxy groups -OCH3 is 3. The van der Waals surface area contributed by atoms with E-state index in [0.29, 0.717) is 17.1 Å². The largest absolute Gasteiger partial charge is 0.497 e. The van der Waals surface area contributed by atoms with Gasteiger partial charge in [0.05, 0.1) is 39.5 Å². The van der Waals surface area contributed by atoms with Gasteiger partial charge < -0.3 is 19.1 Å². The third-order valence-corrected chi connectivity index (χ3v) is 6.44. The van der Waals surface area contributed by atoms with Crippen molar-refractivity contribution in [2.75, 3.05) is 26.2 Å². The minimum absolute atomic E-state index is 0.145. The van der Waals surface area contributed by atoms with Crippen LogP contribution in [0.3, 0.4) is 0 Å². The van der Waals surface area contributed by atoms with E-state index >= 15 is 0 Å². The lowest BCUT2D eigenvalue weighted by atomic mass is 9.68. The van der Waals surface area contributed by atoms with Gasteiger partial charge in [-0.25, -0.2) is 0 Å². The van der Waals surface area contributed by atoms with Gasteiger partial charge in [0.2, 0.25) is 0 Å². The van der Waals surface area contributed by atoms with Crippen LogP contribution in [0.1, 0.15) is 24.0 Å². The number of hydrogen-bond acceptors (Lipinski definition) is 7. The van der Waals surface area contributed by atoms with Crippen LogP contribution < -0.4 is 14.4 Å². The van der Waals surface area contributed by atoms with Gasteiger partial charge >= 0.3 is 5.97 Å². The van der Waals surface area contributed by atoms with Gasteiger partial charge in [-0.15, -0.1) is 0 Å². The molecule has 0 bridgehead atoms. The summed E-state index contributed by atoms with van der Waals surface area (Å²) in [6, 6.07) is 13.5. The van der Waals surface area contributed by atoms with E-state index in [0.717, 1.165) is 11.3 Å². The Hall–Kier alpha value is -3.79. The van der Waals surface area contributed by atoms with E-state index in [2.05, 4.69) is 6.07 Å². The molecule has 7 nitrogen and oxygen atoms in total. The van der Waals surface area contributed by atoms with Crippen LogP contribution in [0.25, 0.3) is 6.08 Å². The minimum Gasteiger partial charge on any atom is -0.497 e. The van der Waals surface area contributed by atoms with Crippen LogP contribution in [-0.2, 0) is 14.3 Å². The highest BCUT2D eigenvalue weighted by atomic mass is 16.5. The highest BCUT2D eigenvalue weighted by Gasteiger charge is 2.66. The molecule has 2 heterocycles. The van der Waals surface area contributed by atoms with Crippen molar-refractivity contribution in [2.45, 2.75) is 24.9 Å². The number of benzene rings is 2. The summed E-state index contributed by atoms with van der Waals surface area (Å²) >= 11 is 0. The molecule has 2 aromatic carbocycles. The summed E-state index contributed by atoms with van der Waals surface area (Å²) in [5.74, 6) is -0.236. The van der Waals surface area contributed by atoms with E-state index in [9.17, 15) is 14.9 Å². The van der Waals surface area contributed by atoms with Crippen molar-refractivity contribution in [2.24, 2.45) is 5.41 Å². The van der Waals surface area contributed by atoms with E-state index in [4.69, 9.17) is 14.2 Å². The molecule has 164 valence electrons. The molecule has 1 fully saturated rings. The number of fused-ring (bicyclic) bond motifs is 3. The van der Waals surface area contributed by atoms with Crippen LogP contribution in [-0.4, -0.2) is 45.2 Å². The van der Waals surface area contributed by atoms with Gasteiger partial charge in [0, 0.05) is 17.2 Å². The SMILES string of the molecule is COC(=O)[C@]1(C#N)C2C=Cc3cc(OC)ccc3N2[C@H](C(C)=O)[C@H]1c1ccc(OC)cc1. The molecule has 7 heteroatoms. The molecule has 0 amide bonds. The number of Topliss-reactive ketones (excluding diaryl/α,β-unsaturated/α-hetero) is 1. The number of nitrogens with zero attached hydrogens (tertiary/aromatic N) is 2. The quantitative estimate of drug-likeness (QED) is 0.670.